The second-order valence-electron chi connectivity index (χ2n) is 6.36. The lowest BCUT2D eigenvalue weighted by atomic mass is 10.1. The van der Waals surface area contributed by atoms with Gasteiger partial charge in [-0.15, -0.1) is 0 Å². The number of hydrogen-bond donors (Lipinski definition) is 0. The molecule has 2 heterocycles. The molecule has 4 nitrogen and oxygen atoms in total. The smallest absolute Gasteiger partial charge is 0.201 e. The van der Waals surface area contributed by atoms with Crippen molar-refractivity contribution in [1.82, 2.24) is 4.90 Å². The standard InChI is InChI=1S/C20H21NO3S/c22-20-15-7-2-3-8-16(15)24-17-9-6-10-18(19(17)20)25-23-14-13-21-11-4-1-5-12-21/h2-3,6-10H,1,4-5,11-14H2. The van der Waals surface area contributed by atoms with Gasteiger partial charge in [-0.1, -0.05) is 24.6 Å². The minimum atomic E-state index is -0.000388. The third-order valence-electron chi connectivity index (χ3n) is 4.65. The van der Waals surface area contributed by atoms with Gasteiger partial charge in [-0.3, -0.25) is 4.79 Å². The molecule has 2 aromatic carbocycles. The summed E-state index contributed by atoms with van der Waals surface area (Å²) in [6.07, 6.45) is 3.90. The zero-order chi connectivity index (χ0) is 17.1. The zero-order valence-corrected chi connectivity index (χ0v) is 14.9. The molecule has 25 heavy (non-hydrogen) atoms. The summed E-state index contributed by atoms with van der Waals surface area (Å²) < 4.78 is 11.7. The Hall–Kier alpha value is -1.82. The number of hydrogen-bond acceptors (Lipinski definition) is 5. The van der Waals surface area contributed by atoms with Gasteiger partial charge in [0, 0.05) is 18.6 Å². The second kappa shape index (κ2) is 7.60. The summed E-state index contributed by atoms with van der Waals surface area (Å²) in [6.45, 7) is 3.92. The number of piperidine rings is 1. The van der Waals surface area contributed by atoms with Crippen LogP contribution in [-0.2, 0) is 4.18 Å². The quantitative estimate of drug-likeness (QED) is 0.384. The van der Waals surface area contributed by atoms with Gasteiger partial charge in [-0.05, 0) is 50.2 Å². The fraction of sp³-hybridized carbons (Fsp3) is 0.350. The molecule has 1 aromatic heterocycles. The molecule has 1 aliphatic heterocycles. The molecule has 4 rings (SSSR count). The number of likely N-dealkylation sites (tertiary alicyclic amines) is 1. The van der Waals surface area contributed by atoms with Gasteiger partial charge < -0.3 is 13.5 Å². The molecule has 5 heteroatoms. The second-order valence-corrected chi connectivity index (χ2v) is 7.21. The molecule has 0 unspecified atom stereocenters. The minimum absolute atomic E-state index is 0.000388. The van der Waals surface area contributed by atoms with Crippen molar-refractivity contribution in [2.45, 2.75) is 24.2 Å². The van der Waals surface area contributed by atoms with Gasteiger partial charge in [0.1, 0.15) is 11.2 Å². The van der Waals surface area contributed by atoms with E-state index in [2.05, 4.69) is 4.90 Å². The molecular weight excluding hydrogens is 334 g/mol. The summed E-state index contributed by atoms with van der Waals surface area (Å²) in [5.74, 6) is 0. The van der Waals surface area contributed by atoms with Crippen LogP contribution in [0.4, 0.5) is 0 Å². The van der Waals surface area contributed by atoms with Crippen LogP contribution in [0.3, 0.4) is 0 Å². The number of fused-ring (bicyclic) bond motifs is 2. The van der Waals surface area contributed by atoms with Gasteiger partial charge in [0.2, 0.25) is 5.43 Å². The molecule has 130 valence electrons. The van der Waals surface area contributed by atoms with E-state index in [9.17, 15) is 4.79 Å². The average molecular weight is 355 g/mol. The Morgan fingerprint density at radius 3 is 2.68 bits per heavy atom. The first-order valence-corrected chi connectivity index (χ1v) is 9.53. The van der Waals surface area contributed by atoms with Crippen molar-refractivity contribution in [3.05, 3.63) is 52.7 Å². The highest BCUT2D eigenvalue weighted by atomic mass is 32.2. The zero-order valence-electron chi connectivity index (χ0n) is 14.1. The topological polar surface area (TPSA) is 42.7 Å². The van der Waals surface area contributed by atoms with Gasteiger partial charge in [0.05, 0.1) is 22.3 Å². The molecule has 1 aliphatic rings. The van der Waals surface area contributed by atoms with Crippen molar-refractivity contribution < 1.29 is 8.60 Å². The van der Waals surface area contributed by atoms with Crippen molar-refractivity contribution in [2.75, 3.05) is 26.2 Å². The number of rotatable bonds is 5. The number of benzene rings is 2. The van der Waals surface area contributed by atoms with Crippen molar-refractivity contribution in [3.63, 3.8) is 0 Å². The molecule has 0 bridgehead atoms. The minimum Gasteiger partial charge on any atom is -0.456 e. The van der Waals surface area contributed by atoms with Crippen LogP contribution in [0.2, 0.25) is 0 Å². The number of para-hydroxylation sites is 1. The molecule has 0 saturated carbocycles. The van der Waals surface area contributed by atoms with E-state index >= 15 is 0 Å². The molecule has 0 spiro atoms. The first-order valence-electron chi connectivity index (χ1n) is 8.79. The average Bonchev–Trinajstić information content (AvgIpc) is 2.66. The fourth-order valence-corrected chi connectivity index (χ4v) is 4.04. The lowest BCUT2D eigenvalue weighted by molar-refractivity contribution is 0.194. The predicted molar refractivity (Wildman–Crippen MR) is 102 cm³/mol. The van der Waals surface area contributed by atoms with Gasteiger partial charge >= 0.3 is 0 Å². The van der Waals surface area contributed by atoms with Gasteiger partial charge in [0.25, 0.3) is 0 Å². The van der Waals surface area contributed by atoms with Crippen LogP contribution in [0.5, 0.6) is 0 Å². The van der Waals surface area contributed by atoms with E-state index in [4.69, 9.17) is 8.60 Å². The largest absolute Gasteiger partial charge is 0.456 e. The van der Waals surface area contributed by atoms with Crippen LogP contribution < -0.4 is 5.43 Å². The molecule has 3 aromatic rings. The van der Waals surface area contributed by atoms with E-state index in [1.807, 2.05) is 36.4 Å². The Labute approximate surface area is 151 Å². The van der Waals surface area contributed by atoms with E-state index < -0.39 is 0 Å². The van der Waals surface area contributed by atoms with Crippen LogP contribution in [0.1, 0.15) is 19.3 Å². The maximum atomic E-state index is 12.9. The Morgan fingerprint density at radius 1 is 1.00 bits per heavy atom. The van der Waals surface area contributed by atoms with Gasteiger partial charge in [0.15, 0.2) is 0 Å². The first kappa shape index (κ1) is 16.6. The van der Waals surface area contributed by atoms with Crippen molar-refractivity contribution in [2.24, 2.45) is 0 Å². The lowest BCUT2D eigenvalue weighted by Crippen LogP contribution is -2.32. The monoisotopic (exact) mass is 355 g/mol. The van der Waals surface area contributed by atoms with E-state index in [1.165, 1.54) is 31.3 Å². The Bertz CT molecular complexity index is 931. The summed E-state index contributed by atoms with van der Waals surface area (Å²) in [6, 6.07) is 13.0. The molecular formula is C20H21NO3S. The molecule has 0 radical (unpaired) electrons. The van der Waals surface area contributed by atoms with E-state index in [-0.39, 0.29) is 5.43 Å². The maximum absolute atomic E-state index is 12.9. The molecule has 0 atom stereocenters. The molecule has 0 aliphatic carbocycles. The number of nitrogens with zero attached hydrogens (tertiary/aromatic N) is 1. The summed E-state index contributed by atoms with van der Waals surface area (Å²) in [5, 5.41) is 1.21. The van der Waals surface area contributed by atoms with Crippen LogP contribution >= 0.6 is 12.0 Å². The lowest BCUT2D eigenvalue weighted by Gasteiger charge is -2.25. The van der Waals surface area contributed by atoms with Gasteiger partial charge in [-0.2, -0.15) is 0 Å². The van der Waals surface area contributed by atoms with Crippen LogP contribution in [-0.4, -0.2) is 31.1 Å². The van der Waals surface area contributed by atoms with Crippen molar-refractivity contribution >= 4 is 34.0 Å². The van der Waals surface area contributed by atoms with E-state index in [0.717, 1.165) is 24.5 Å². The Morgan fingerprint density at radius 2 is 1.80 bits per heavy atom. The van der Waals surface area contributed by atoms with E-state index in [0.29, 0.717) is 28.5 Å². The molecule has 0 N–H and O–H groups in total. The summed E-state index contributed by atoms with van der Waals surface area (Å²) in [7, 11) is 0. The normalized spacial score (nSPS) is 15.8. The van der Waals surface area contributed by atoms with Crippen LogP contribution in [0.15, 0.2) is 56.6 Å². The highest BCUT2D eigenvalue weighted by Gasteiger charge is 2.13. The third-order valence-corrected chi connectivity index (χ3v) is 5.46. The predicted octanol–water partition coefficient (Wildman–Crippen LogP) is 4.46. The first-order chi connectivity index (χ1) is 12.3. The highest BCUT2D eigenvalue weighted by Crippen LogP contribution is 2.28. The SMILES string of the molecule is O=c1c2ccccc2oc2cccc(SOCCN3CCCCC3)c12. The van der Waals surface area contributed by atoms with E-state index in [1.54, 1.807) is 6.07 Å². The molecule has 0 amide bonds. The Kier molecular flexibility index (Phi) is 5.06. The van der Waals surface area contributed by atoms with Crippen LogP contribution in [0.25, 0.3) is 21.9 Å². The summed E-state index contributed by atoms with van der Waals surface area (Å²) in [5.41, 5.74) is 1.22. The van der Waals surface area contributed by atoms with Crippen molar-refractivity contribution in [3.8, 4) is 0 Å². The fourth-order valence-electron chi connectivity index (χ4n) is 3.34. The summed E-state index contributed by atoms with van der Waals surface area (Å²) >= 11 is 1.27. The molecule has 1 saturated heterocycles. The summed E-state index contributed by atoms with van der Waals surface area (Å²) in [4.78, 5) is 16.1. The highest BCUT2D eigenvalue weighted by molar-refractivity contribution is 7.95. The van der Waals surface area contributed by atoms with Crippen LogP contribution in [0, 0.1) is 0 Å². The Balaban J connectivity index is 1.53. The third kappa shape index (κ3) is 3.59. The molecule has 1 fully saturated rings. The maximum Gasteiger partial charge on any atom is 0.201 e. The van der Waals surface area contributed by atoms with Gasteiger partial charge in [-0.25, -0.2) is 0 Å². The van der Waals surface area contributed by atoms with Crippen molar-refractivity contribution in [1.29, 1.82) is 0 Å².